The van der Waals surface area contributed by atoms with Crippen molar-refractivity contribution in [2.75, 3.05) is 24.6 Å². The number of hydrogen-bond acceptors (Lipinski definition) is 6. The third kappa shape index (κ3) is 3.62. The predicted molar refractivity (Wildman–Crippen MR) is 109 cm³/mol. The van der Waals surface area contributed by atoms with Crippen molar-refractivity contribution in [1.82, 2.24) is 19.9 Å². The average Bonchev–Trinajstić information content (AvgIpc) is 3.16. The maximum absolute atomic E-state index is 11.7. The standard InChI is InChI=1S/C20H19N5O2S/c21-6-12-28(26,27)11-2-10-25-9-1-3-15(14-25)16-4-7-22-18-13-24-20-17(19(16)18)5-8-23-20/h2-5,7-8,10,13H,1,9,11-12,14H2,(H,23,24). The summed E-state index contributed by atoms with van der Waals surface area (Å²) in [6, 6.07) is 5.73. The fourth-order valence-corrected chi connectivity index (χ4v) is 4.20. The van der Waals surface area contributed by atoms with Crippen LogP contribution in [0.2, 0.25) is 0 Å². The summed E-state index contributed by atoms with van der Waals surface area (Å²) in [5.41, 5.74) is 3.97. The first-order valence-electron chi connectivity index (χ1n) is 8.96. The molecule has 0 bridgehead atoms. The molecule has 7 nitrogen and oxygen atoms in total. The van der Waals surface area contributed by atoms with Gasteiger partial charge in [0.1, 0.15) is 11.4 Å². The number of nitrogens with zero attached hydrogens (tertiary/aromatic N) is 4. The van der Waals surface area contributed by atoms with E-state index in [4.69, 9.17) is 5.26 Å². The summed E-state index contributed by atoms with van der Waals surface area (Å²) < 4.78 is 23.4. The van der Waals surface area contributed by atoms with E-state index in [2.05, 4.69) is 25.9 Å². The molecule has 0 amide bonds. The minimum Gasteiger partial charge on any atom is -0.373 e. The SMILES string of the molecule is N#CCS(=O)(=O)CC=CN1CCC=C(c2ccnc3cnc4[nH]ccc4c23)C1. The van der Waals surface area contributed by atoms with Gasteiger partial charge in [-0.2, -0.15) is 5.26 Å². The number of hydrogen-bond donors (Lipinski definition) is 1. The van der Waals surface area contributed by atoms with Crippen LogP contribution < -0.4 is 0 Å². The Kier molecular flexibility index (Phi) is 4.84. The Morgan fingerprint density at radius 1 is 1.32 bits per heavy atom. The molecule has 0 radical (unpaired) electrons. The molecular formula is C20H19N5O2S. The second-order valence-electron chi connectivity index (χ2n) is 6.70. The van der Waals surface area contributed by atoms with E-state index in [0.717, 1.165) is 40.5 Å². The van der Waals surface area contributed by atoms with Gasteiger partial charge < -0.3 is 9.88 Å². The molecule has 142 valence electrons. The Bertz CT molecular complexity index is 1230. The highest BCUT2D eigenvalue weighted by Crippen LogP contribution is 2.31. The van der Waals surface area contributed by atoms with Crippen molar-refractivity contribution in [2.24, 2.45) is 0 Å². The number of aromatic amines is 1. The highest BCUT2D eigenvalue weighted by atomic mass is 32.2. The van der Waals surface area contributed by atoms with Gasteiger partial charge in [-0.3, -0.25) is 4.98 Å². The summed E-state index contributed by atoms with van der Waals surface area (Å²) in [5, 5.41) is 10.7. The molecule has 1 N–H and O–H groups in total. The van der Waals surface area contributed by atoms with Crippen molar-refractivity contribution >= 4 is 37.3 Å². The first-order chi connectivity index (χ1) is 13.6. The number of pyridine rings is 2. The van der Waals surface area contributed by atoms with Crippen LogP contribution in [0.15, 0.2) is 49.1 Å². The monoisotopic (exact) mass is 393 g/mol. The van der Waals surface area contributed by atoms with Crippen LogP contribution in [0.1, 0.15) is 12.0 Å². The average molecular weight is 393 g/mol. The number of fused-ring (bicyclic) bond motifs is 3. The summed E-state index contributed by atoms with van der Waals surface area (Å²) in [5.74, 6) is -0.573. The van der Waals surface area contributed by atoms with E-state index >= 15 is 0 Å². The molecule has 1 aliphatic heterocycles. The Labute approximate surface area is 162 Å². The Morgan fingerprint density at radius 3 is 3.07 bits per heavy atom. The van der Waals surface area contributed by atoms with Crippen LogP contribution in [0.4, 0.5) is 0 Å². The molecule has 8 heteroatoms. The normalized spacial score (nSPS) is 15.2. The van der Waals surface area contributed by atoms with Crippen LogP contribution in [-0.2, 0) is 9.84 Å². The van der Waals surface area contributed by atoms with Crippen molar-refractivity contribution in [3.05, 3.63) is 54.6 Å². The van der Waals surface area contributed by atoms with Gasteiger partial charge in [-0.25, -0.2) is 13.4 Å². The van der Waals surface area contributed by atoms with Gasteiger partial charge in [-0.1, -0.05) is 12.2 Å². The lowest BCUT2D eigenvalue weighted by molar-refractivity contribution is 0.416. The highest BCUT2D eigenvalue weighted by molar-refractivity contribution is 7.91. The molecule has 0 atom stereocenters. The molecule has 0 saturated carbocycles. The molecule has 0 aromatic carbocycles. The lowest BCUT2D eigenvalue weighted by Gasteiger charge is -2.26. The van der Waals surface area contributed by atoms with Crippen LogP contribution in [-0.4, -0.2) is 52.9 Å². The molecule has 0 spiro atoms. The van der Waals surface area contributed by atoms with E-state index in [1.807, 2.05) is 24.5 Å². The molecule has 0 fully saturated rings. The quantitative estimate of drug-likeness (QED) is 0.715. The Balaban J connectivity index is 1.61. The summed E-state index contributed by atoms with van der Waals surface area (Å²) in [6.45, 7) is 1.50. The first kappa shape index (κ1) is 18.2. The number of H-pyrrole nitrogens is 1. The maximum atomic E-state index is 11.7. The molecule has 1 aliphatic rings. The summed E-state index contributed by atoms with van der Waals surface area (Å²) in [4.78, 5) is 14.1. The van der Waals surface area contributed by atoms with Gasteiger partial charge in [0.15, 0.2) is 9.84 Å². The molecule has 4 heterocycles. The second-order valence-corrected chi connectivity index (χ2v) is 8.81. The van der Waals surface area contributed by atoms with Crippen LogP contribution in [0.25, 0.3) is 27.5 Å². The number of nitrogens with one attached hydrogen (secondary N) is 1. The second kappa shape index (κ2) is 7.44. The molecule has 4 rings (SSSR count). The topological polar surface area (TPSA) is 103 Å². The molecule has 0 saturated heterocycles. The van der Waals surface area contributed by atoms with Crippen LogP contribution >= 0.6 is 0 Å². The third-order valence-corrected chi connectivity index (χ3v) is 6.04. The number of nitriles is 1. The molecule has 0 unspecified atom stereocenters. The third-order valence-electron chi connectivity index (χ3n) is 4.77. The Morgan fingerprint density at radius 2 is 2.21 bits per heavy atom. The van der Waals surface area contributed by atoms with Gasteiger partial charge in [0.25, 0.3) is 0 Å². The first-order valence-corrected chi connectivity index (χ1v) is 10.8. The van der Waals surface area contributed by atoms with Crippen molar-refractivity contribution in [3.63, 3.8) is 0 Å². The largest absolute Gasteiger partial charge is 0.373 e. The highest BCUT2D eigenvalue weighted by Gasteiger charge is 2.16. The van der Waals surface area contributed by atoms with Crippen molar-refractivity contribution < 1.29 is 8.42 Å². The van der Waals surface area contributed by atoms with E-state index in [1.165, 1.54) is 5.57 Å². The van der Waals surface area contributed by atoms with Gasteiger partial charge in [-0.15, -0.1) is 0 Å². The van der Waals surface area contributed by atoms with Crippen LogP contribution in [0, 0.1) is 11.3 Å². The van der Waals surface area contributed by atoms with Gasteiger partial charge in [-0.05, 0) is 35.9 Å². The van der Waals surface area contributed by atoms with Gasteiger partial charge in [0, 0.05) is 36.3 Å². The molecule has 3 aromatic rings. The molecule has 28 heavy (non-hydrogen) atoms. The number of sulfone groups is 1. The fraction of sp³-hybridized carbons (Fsp3) is 0.250. The number of rotatable bonds is 5. The fourth-order valence-electron chi connectivity index (χ4n) is 3.51. The number of aromatic nitrogens is 3. The summed E-state index contributed by atoms with van der Waals surface area (Å²) >= 11 is 0. The minimum atomic E-state index is -3.35. The molecule has 0 aliphatic carbocycles. The van der Waals surface area contributed by atoms with E-state index in [9.17, 15) is 8.42 Å². The van der Waals surface area contributed by atoms with E-state index in [0.29, 0.717) is 6.54 Å². The smallest absolute Gasteiger partial charge is 0.167 e. The zero-order chi connectivity index (χ0) is 19.6. The van der Waals surface area contributed by atoms with E-state index in [-0.39, 0.29) is 5.75 Å². The zero-order valence-electron chi connectivity index (χ0n) is 15.2. The van der Waals surface area contributed by atoms with Crippen molar-refractivity contribution in [1.29, 1.82) is 5.26 Å². The molecular weight excluding hydrogens is 374 g/mol. The Hall–Kier alpha value is -3.18. The summed E-state index contributed by atoms with van der Waals surface area (Å²) in [7, 11) is -3.35. The van der Waals surface area contributed by atoms with E-state index in [1.54, 1.807) is 24.5 Å². The van der Waals surface area contributed by atoms with Crippen molar-refractivity contribution in [2.45, 2.75) is 6.42 Å². The van der Waals surface area contributed by atoms with Gasteiger partial charge in [0.05, 0.1) is 23.5 Å². The maximum Gasteiger partial charge on any atom is 0.167 e. The van der Waals surface area contributed by atoms with Gasteiger partial charge in [0.2, 0.25) is 0 Å². The lowest BCUT2D eigenvalue weighted by atomic mass is 9.97. The van der Waals surface area contributed by atoms with E-state index < -0.39 is 15.6 Å². The predicted octanol–water partition coefficient (Wildman–Crippen LogP) is 2.65. The van der Waals surface area contributed by atoms with Crippen LogP contribution in [0.5, 0.6) is 0 Å². The zero-order valence-corrected chi connectivity index (χ0v) is 16.0. The minimum absolute atomic E-state index is 0.121. The van der Waals surface area contributed by atoms with Crippen molar-refractivity contribution in [3.8, 4) is 6.07 Å². The lowest BCUT2D eigenvalue weighted by Crippen LogP contribution is -2.24. The summed E-state index contributed by atoms with van der Waals surface area (Å²) in [6.07, 6.45) is 12.0. The van der Waals surface area contributed by atoms with Gasteiger partial charge >= 0.3 is 0 Å². The molecule has 3 aromatic heterocycles. The van der Waals surface area contributed by atoms with Crippen LogP contribution in [0.3, 0.4) is 0 Å².